The van der Waals surface area contributed by atoms with Crippen LogP contribution in [0.4, 0.5) is 0 Å². The average Bonchev–Trinajstić information content (AvgIpc) is 2.15. The lowest BCUT2D eigenvalue weighted by Gasteiger charge is -2.25. The molecular weight excluding hydrogens is 206 g/mol. The van der Waals surface area contributed by atoms with E-state index in [2.05, 4.69) is 26.1 Å². The number of carboxylic acid groups (broad SMARTS) is 1. The van der Waals surface area contributed by atoms with Crippen LogP contribution in [0.1, 0.15) is 40.0 Å². The highest BCUT2D eigenvalue weighted by atomic mass is 16.5. The number of rotatable bonds is 9. The van der Waals surface area contributed by atoms with Crippen LogP contribution >= 0.6 is 0 Å². The van der Waals surface area contributed by atoms with Gasteiger partial charge in [-0.05, 0) is 31.7 Å². The Morgan fingerprint density at radius 1 is 1.44 bits per heavy atom. The Morgan fingerprint density at radius 2 is 2.06 bits per heavy atom. The van der Waals surface area contributed by atoms with Gasteiger partial charge in [-0.15, -0.1) is 0 Å². The first-order chi connectivity index (χ1) is 7.37. The van der Waals surface area contributed by atoms with Crippen molar-refractivity contribution in [1.29, 1.82) is 0 Å². The molecule has 0 aromatic rings. The zero-order valence-corrected chi connectivity index (χ0v) is 10.9. The average molecular weight is 231 g/mol. The Kier molecular flexibility index (Phi) is 7.34. The third kappa shape index (κ3) is 8.68. The van der Waals surface area contributed by atoms with Crippen molar-refractivity contribution in [2.75, 3.05) is 20.3 Å². The van der Waals surface area contributed by atoms with Crippen LogP contribution in [0, 0.1) is 5.41 Å². The summed E-state index contributed by atoms with van der Waals surface area (Å²) in [5, 5.41) is 12.0. The molecule has 0 heterocycles. The Bertz CT molecular complexity index is 204. The van der Waals surface area contributed by atoms with Crippen LogP contribution in [0.2, 0.25) is 0 Å². The molecule has 2 N–H and O–H groups in total. The third-order valence-corrected chi connectivity index (χ3v) is 2.73. The summed E-state index contributed by atoms with van der Waals surface area (Å²) >= 11 is 0. The van der Waals surface area contributed by atoms with Gasteiger partial charge in [-0.2, -0.15) is 0 Å². The molecule has 0 saturated heterocycles. The maximum Gasteiger partial charge on any atom is 0.303 e. The van der Waals surface area contributed by atoms with Crippen LogP contribution in [0.3, 0.4) is 0 Å². The van der Waals surface area contributed by atoms with Gasteiger partial charge in [-0.1, -0.05) is 13.8 Å². The molecule has 96 valence electrons. The van der Waals surface area contributed by atoms with E-state index in [-0.39, 0.29) is 11.8 Å². The summed E-state index contributed by atoms with van der Waals surface area (Å²) in [7, 11) is 1.69. The molecule has 0 aliphatic rings. The first-order valence-electron chi connectivity index (χ1n) is 5.81. The lowest BCUT2D eigenvalue weighted by molar-refractivity contribution is -0.137. The van der Waals surface area contributed by atoms with Gasteiger partial charge in [0.2, 0.25) is 0 Å². The van der Waals surface area contributed by atoms with Crippen molar-refractivity contribution in [2.45, 2.75) is 46.1 Å². The van der Waals surface area contributed by atoms with Gasteiger partial charge in [-0.25, -0.2) is 0 Å². The lowest BCUT2D eigenvalue weighted by Crippen LogP contribution is -2.33. The zero-order valence-electron chi connectivity index (χ0n) is 10.9. The smallest absolute Gasteiger partial charge is 0.303 e. The van der Waals surface area contributed by atoms with Gasteiger partial charge >= 0.3 is 5.97 Å². The van der Waals surface area contributed by atoms with E-state index < -0.39 is 5.97 Å². The summed E-state index contributed by atoms with van der Waals surface area (Å²) in [6.45, 7) is 7.90. The summed E-state index contributed by atoms with van der Waals surface area (Å²) < 4.78 is 5.03. The van der Waals surface area contributed by atoms with Crippen LogP contribution < -0.4 is 5.32 Å². The lowest BCUT2D eigenvalue weighted by atomic mass is 9.84. The Morgan fingerprint density at radius 3 is 2.56 bits per heavy atom. The topological polar surface area (TPSA) is 58.6 Å². The minimum atomic E-state index is -0.714. The fourth-order valence-corrected chi connectivity index (χ4v) is 1.54. The Balaban J connectivity index is 3.68. The van der Waals surface area contributed by atoms with E-state index in [1.165, 1.54) is 0 Å². The number of ether oxygens (including phenoxy) is 1. The molecule has 0 aromatic heterocycles. The van der Waals surface area contributed by atoms with E-state index in [1.807, 2.05) is 0 Å². The number of aliphatic carboxylic acids is 1. The standard InChI is InChI=1S/C12H25NO3/c1-10(9-16-4)13-8-7-12(2,3)6-5-11(14)15/h10,13H,5-9H2,1-4H3,(H,14,15). The third-order valence-electron chi connectivity index (χ3n) is 2.73. The molecule has 0 radical (unpaired) electrons. The Hall–Kier alpha value is -0.610. The van der Waals surface area contributed by atoms with Crippen LogP contribution in [0.5, 0.6) is 0 Å². The number of nitrogens with one attached hydrogen (secondary N) is 1. The number of hydrogen-bond acceptors (Lipinski definition) is 3. The van der Waals surface area contributed by atoms with Gasteiger partial charge in [0.15, 0.2) is 0 Å². The molecule has 0 aromatic carbocycles. The minimum absolute atomic E-state index is 0.0815. The Labute approximate surface area is 98.4 Å². The fraction of sp³-hybridized carbons (Fsp3) is 0.917. The maximum absolute atomic E-state index is 10.5. The van der Waals surface area contributed by atoms with Crippen LogP contribution in [-0.2, 0) is 9.53 Å². The summed E-state index contributed by atoms with van der Waals surface area (Å²) in [5.41, 5.74) is 0.0815. The number of carboxylic acids is 1. The van der Waals surface area contributed by atoms with E-state index in [1.54, 1.807) is 7.11 Å². The fourth-order valence-electron chi connectivity index (χ4n) is 1.54. The van der Waals surface area contributed by atoms with Crippen molar-refractivity contribution in [1.82, 2.24) is 5.32 Å². The second-order valence-electron chi connectivity index (χ2n) is 5.12. The minimum Gasteiger partial charge on any atom is -0.481 e. The molecule has 0 fully saturated rings. The monoisotopic (exact) mass is 231 g/mol. The number of methoxy groups -OCH3 is 1. The molecule has 0 aliphatic heterocycles. The van der Waals surface area contributed by atoms with Crippen molar-refractivity contribution >= 4 is 5.97 Å². The quantitative estimate of drug-likeness (QED) is 0.636. The van der Waals surface area contributed by atoms with Crippen LogP contribution in [0.15, 0.2) is 0 Å². The summed E-state index contributed by atoms with van der Waals surface area (Å²) in [5.74, 6) is -0.714. The zero-order chi connectivity index (χ0) is 12.6. The largest absolute Gasteiger partial charge is 0.481 e. The predicted molar refractivity (Wildman–Crippen MR) is 64.6 cm³/mol. The summed E-state index contributed by atoms with van der Waals surface area (Å²) in [6, 6.07) is 0.347. The molecule has 0 aliphatic carbocycles. The van der Waals surface area contributed by atoms with Gasteiger partial charge in [-0.3, -0.25) is 4.79 Å². The van der Waals surface area contributed by atoms with Crippen molar-refractivity contribution in [3.8, 4) is 0 Å². The van der Waals surface area contributed by atoms with E-state index in [9.17, 15) is 4.79 Å². The second kappa shape index (κ2) is 7.63. The normalized spacial score (nSPS) is 13.8. The van der Waals surface area contributed by atoms with Crippen LogP contribution in [-0.4, -0.2) is 37.4 Å². The van der Waals surface area contributed by atoms with Crippen molar-refractivity contribution < 1.29 is 14.6 Å². The second-order valence-corrected chi connectivity index (χ2v) is 5.12. The van der Waals surface area contributed by atoms with Gasteiger partial charge in [0.1, 0.15) is 0 Å². The molecule has 0 saturated carbocycles. The molecule has 4 nitrogen and oxygen atoms in total. The highest BCUT2D eigenvalue weighted by Crippen LogP contribution is 2.25. The van der Waals surface area contributed by atoms with E-state index in [0.717, 1.165) is 19.4 Å². The molecule has 4 heteroatoms. The molecule has 1 atom stereocenters. The SMILES string of the molecule is COCC(C)NCCC(C)(C)CCC(=O)O. The van der Waals surface area contributed by atoms with E-state index in [4.69, 9.17) is 9.84 Å². The molecule has 1 unspecified atom stereocenters. The van der Waals surface area contributed by atoms with E-state index >= 15 is 0 Å². The summed E-state index contributed by atoms with van der Waals surface area (Å²) in [4.78, 5) is 10.5. The highest BCUT2D eigenvalue weighted by Gasteiger charge is 2.18. The molecule has 0 amide bonds. The molecular formula is C12H25NO3. The molecule has 0 spiro atoms. The number of carbonyl (C=O) groups is 1. The highest BCUT2D eigenvalue weighted by molar-refractivity contribution is 5.66. The van der Waals surface area contributed by atoms with Crippen molar-refractivity contribution in [3.05, 3.63) is 0 Å². The number of hydrogen-bond donors (Lipinski definition) is 2. The van der Waals surface area contributed by atoms with E-state index in [0.29, 0.717) is 12.6 Å². The first kappa shape index (κ1) is 15.4. The van der Waals surface area contributed by atoms with Crippen molar-refractivity contribution in [2.24, 2.45) is 5.41 Å². The van der Waals surface area contributed by atoms with Gasteiger partial charge in [0, 0.05) is 19.6 Å². The maximum atomic E-state index is 10.5. The molecule has 16 heavy (non-hydrogen) atoms. The molecule has 0 rings (SSSR count). The van der Waals surface area contributed by atoms with Gasteiger partial charge in [0.25, 0.3) is 0 Å². The summed E-state index contributed by atoms with van der Waals surface area (Å²) in [6.07, 6.45) is 1.96. The predicted octanol–water partition coefficient (Wildman–Crippen LogP) is 1.89. The molecule has 0 bridgehead atoms. The van der Waals surface area contributed by atoms with Gasteiger partial charge in [0.05, 0.1) is 6.61 Å². The first-order valence-corrected chi connectivity index (χ1v) is 5.81. The van der Waals surface area contributed by atoms with Gasteiger partial charge < -0.3 is 15.2 Å². The van der Waals surface area contributed by atoms with Crippen molar-refractivity contribution in [3.63, 3.8) is 0 Å². The van der Waals surface area contributed by atoms with Crippen LogP contribution in [0.25, 0.3) is 0 Å².